The number of H-pyrrole nitrogens is 1. The Balaban J connectivity index is 1.47. The van der Waals surface area contributed by atoms with Gasteiger partial charge < -0.3 is 4.98 Å². The number of carbonyl (C=O) groups is 1. The largest absolute Gasteiger partial charge is 0.338 e. The first-order valence-electron chi connectivity index (χ1n) is 9.16. The normalized spacial score (nSPS) is 11.3. The molecule has 0 bridgehead atoms. The van der Waals surface area contributed by atoms with Crippen LogP contribution in [0.15, 0.2) is 65.8 Å². The fourth-order valence-corrected chi connectivity index (χ4v) is 3.09. The van der Waals surface area contributed by atoms with Crippen LogP contribution in [0.1, 0.15) is 27.0 Å². The number of amides is 1. The molecule has 4 aromatic rings. The lowest BCUT2D eigenvalue weighted by molar-refractivity contribution is 0.0955. The number of halogens is 1. The molecule has 0 saturated heterocycles. The van der Waals surface area contributed by atoms with Crippen LogP contribution in [0.3, 0.4) is 0 Å². The van der Waals surface area contributed by atoms with Crippen LogP contribution in [0.25, 0.3) is 22.4 Å². The van der Waals surface area contributed by atoms with Crippen molar-refractivity contribution in [3.63, 3.8) is 0 Å². The summed E-state index contributed by atoms with van der Waals surface area (Å²) in [5, 5.41) is 4.64. The summed E-state index contributed by atoms with van der Waals surface area (Å²) < 4.78 is 0. The van der Waals surface area contributed by atoms with Crippen molar-refractivity contribution >= 4 is 34.8 Å². The first kappa shape index (κ1) is 18.9. The summed E-state index contributed by atoms with van der Waals surface area (Å²) in [6.07, 6.45) is 1.57. The first-order chi connectivity index (χ1) is 14.0. The quantitative estimate of drug-likeness (QED) is 0.361. The van der Waals surface area contributed by atoms with Gasteiger partial charge in [-0.2, -0.15) is 5.10 Å². The van der Waals surface area contributed by atoms with Crippen molar-refractivity contribution in [2.24, 2.45) is 5.10 Å². The molecule has 1 heterocycles. The van der Waals surface area contributed by atoms with E-state index in [1.807, 2.05) is 24.3 Å². The summed E-state index contributed by atoms with van der Waals surface area (Å²) in [6.45, 7) is 4.16. The molecule has 0 saturated carbocycles. The highest BCUT2D eigenvalue weighted by molar-refractivity contribution is 6.30. The summed E-state index contributed by atoms with van der Waals surface area (Å²) in [4.78, 5) is 20.3. The van der Waals surface area contributed by atoms with Crippen molar-refractivity contribution in [2.75, 3.05) is 0 Å². The maximum absolute atomic E-state index is 12.3. The number of fused-ring (bicyclic) bond motifs is 1. The Labute approximate surface area is 173 Å². The van der Waals surface area contributed by atoms with Gasteiger partial charge in [0.1, 0.15) is 5.82 Å². The third-order valence-electron chi connectivity index (χ3n) is 4.77. The lowest BCUT2D eigenvalue weighted by Crippen LogP contribution is -2.17. The van der Waals surface area contributed by atoms with Crippen LogP contribution in [-0.2, 0) is 0 Å². The maximum Gasteiger partial charge on any atom is 0.271 e. The molecule has 29 heavy (non-hydrogen) atoms. The second-order valence-corrected chi connectivity index (χ2v) is 7.30. The van der Waals surface area contributed by atoms with Gasteiger partial charge in [0.15, 0.2) is 0 Å². The number of aromatic nitrogens is 2. The van der Waals surface area contributed by atoms with E-state index in [2.05, 4.69) is 46.5 Å². The fraction of sp³-hybridized carbons (Fsp3) is 0.0870. The average molecular weight is 403 g/mol. The van der Waals surface area contributed by atoms with E-state index in [9.17, 15) is 4.79 Å². The number of imidazole rings is 1. The predicted molar refractivity (Wildman–Crippen MR) is 118 cm³/mol. The number of hydrazone groups is 1. The topological polar surface area (TPSA) is 70.1 Å². The molecule has 1 amide bonds. The summed E-state index contributed by atoms with van der Waals surface area (Å²) in [5.41, 5.74) is 9.17. The van der Waals surface area contributed by atoms with E-state index < -0.39 is 0 Å². The van der Waals surface area contributed by atoms with Crippen LogP contribution in [0.2, 0.25) is 5.02 Å². The minimum atomic E-state index is -0.280. The van der Waals surface area contributed by atoms with Gasteiger partial charge in [-0.15, -0.1) is 0 Å². The van der Waals surface area contributed by atoms with Gasteiger partial charge in [-0.1, -0.05) is 35.9 Å². The van der Waals surface area contributed by atoms with Gasteiger partial charge in [-0.3, -0.25) is 4.79 Å². The molecule has 0 aliphatic heterocycles. The Bertz CT molecular complexity index is 1170. The van der Waals surface area contributed by atoms with Crippen molar-refractivity contribution in [2.45, 2.75) is 13.8 Å². The van der Waals surface area contributed by atoms with E-state index in [0.29, 0.717) is 10.6 Å². The molecule has 144 valence electrons. The molecule has 0 fully saturated rings. The first-order valence-corrected chi connectivity index (χ1v) is 9.54. The molecule has 4 rings (SSSR count). The zero-order valence-electron chi connectivity index (χ0n) is 16.0. The van der Waals surface area contributed by atoms with E-state index in [-0.39, 0.29) is 5.91 Å². The molecule has 5 nitrogen and oxygen atoms in total. The fourth-order valence-electron chi connectivity index (χ4n) is 2.96. The van der Waals surface area contributed by atoms with E-state index >= 15 is 0 Å². The lowest BCUT2D eigenvalue weighted by atomic mass is 10.1. The molecule has 0 radical (unpaired) electrons. The number of hydrogen-bond acceptors (Lipinski definition) is 3. The second kappa shape index (κ2) is 7.89. The smallest absolute Gasteiger partial charge is 0.271 e. The highest BCUT2D eigenvalue weighted by atomic mass is 35.5. The SMILES string of the molecule is Cc1cc2nc(-c3ccc(C(=O)N/N=C/c4ccc(Cl)cc4)cc3)[nH]c2cc1C. The number of carbonyl (C=O) groups excluding carboxylic acids is 1. The molecule has 0 spiro atoms. The van der Waals surface area contributed by atoms with Crippen molar-refractivity contribution in [1.82, 2.24) is 15.4 Å². The van der Waals surface area contributed by atoms with Gasteiger partial charge in [0.25, 0.3) is 5.91 Å². The third kappa shape index (κ3) is 4.20. The molecule has 0 aliphatic carbocycles. The highest BCUT2D eigenvalue weighted by Crippen LogP contribution is 2.23. The Morgan fingerprint density at radius 3 is 2.45 bits per heavy atom. The number of nitrogens with one attached hydrogen (secondary N) is 2. The van der Waals surface area contributed by atoms with Crippen LogP contribution < -0.4 is 5.43 Å². The number of aromatic amines is 1. The number of rotatable bonds is 4. The Morgan fingerprint density at radius 1 is 1.03 bits per heavy atom. The number of aryl methyl sites for hydroxylation is 2. The van der Waals surface area contributed by atoms with Gasteiger partial charge in [-0.25, -0.2) is 10.4 Å². The molecular formula is C23H19ClN4O. The second-order valence-electron chi connectivity index (χ2n) is 6.87. The lowest BCUT2D eigenvalue weighted by Gasteiger charge is -2.01. The van der Waals surface area contributed by atoms with Crippen LogP contribution in [0.5, 0.6) is 0 Å². The van der Waals surface area contributed by atoms with Gasteiger partial charge in [0.05, 0.1) is 17.2 Å². The van der Waals surface area contributed by atoms with Crippen molar-refractivity contribution in [1.29, 1.82) is 0 Å². The van der Waals surface area contributed by atoms with Crippen molar-refractivity contribution < 1.29 is 4.79 Å². The summed E-state index contributed by atoms with van der Waals surface area (Å²) in [6, 6.07) is 18.6. The van der Waals surface area contributed by atoms with E-state index in [4.69, 9.17) is 11.6 Å². The Hall–Kier alpha value is -3.44. The number of nitrogens with zero attached hydrogens (tertiary/aromatic N) is 2. The van der Waals surface area contributed by atoms with E-state index in [1.54, 1.807) is 30.5 Å². The molecule has 0 atom stereocenters. The van der Waals surface area contributed by atoms with E-state index in [0.717, 1.165) is 28.0 Å². The molecule has 0 unspecified atom stereocenters. The minimum absolute atomic E-state index is 0.280. The standard InChI is InChI=1S/C23H19ClN4O/c1-14-11-20-21(12-15(14)2)27-22(26-20)17-5-7-18(8-6-17)23(29)28-25-13-16-3-9-19(24)10-4-16/h3-13H,1-2H3,(H,26,27)(H,28,29)/b25-13+. The molecular weight excluding hydrogens is 384 g/mol. The maximum atomic E-state index is 12.3. The zero-order valence-corrected chi connectivity index (χ0v) is 16.8. The van der Waals surface area contributed by atoms with Crippen LogP contribution in [0.4, 0.5) is 0 Å². The predicted octanol–water partition coefficient (Wildman–Crippen LogP) is 5.26. The van der Waals surface area contributed by atoms with E-state index in [1.165, 1.54) is 11.1 Å². The van der Waals surface area contributed by atoms with Gasteiger partial charge >= 0.3 is 0 Å². The molecule has 1 aromatic heterocycles. The summed E-state index contributed by atoms with van der Waals surface area (Å²) in [5.74, 6) is 0.496. The van der Waals surface area contributed by atoms with Gasteiger partial charge in [0, 0.05) is 16.1 Å². The Kier molecular flexibility index (Phi) is 5.14. The van der Waals surface area contributed by atoms with Crippen LogP contribution >= 0.6 is 11.6 Å². The number of hydrogen-bond donors (Lipinski definition) is 2. The van der Waals surface area contributed by atoms with Gasteiger partial charge in [-0.05, 0) is 66.9 Å². The van der Waals surface area contributed by atoms with Crippen molar-refractivity contribution in [3.05, 3.63) is 87.9 Å². The zero-order chi connectivity index (χ0) is 20.4. The average Bonchev–Trinajstić information content (AvgIpc) is 3.12. The molecule has 3 aromatic carbocycles. The van der Waals surface area contributed by atoms with Crippen LogP contribution in [-0.4, -0.2) is 22.1 Å². The molecule has 2 N–H and O–H groups in total. The molecule has 6 heteroatoms. The highest BCUT2D eigenvalue weighted by Gasteiger charge is 2.09. The van der Waals surface area contributed by atoms with Crippen molar-refractivity contribution in [3.8, 4) is 11.4 Å². The van der Waals surface area contributed by atoms with Crippen LogP contribution in [0, 0.1) is 13.8 Å². The third-order valence-corrected chi connectivity index (χ3v) is 5.02. The van der Waals surface area contributed by atoms with Gasteiger partial charge in [0.2, 0.25) is 0 Å². The number of benzene rings is 3. The minimum Gasteiger partial charge on any atom is -0.338 e. The summed E-state index contributed by atoms with van der Waals surface area (Å²) in [7, 11) is 0. The summed E-state index contributed by atoms with van der Waals surface area (Å²) >= 11 is 5.85. The Morgan fingerprint density at radius 2 is 1.72 bits per heavy atom. The molecule has 0 aliphatic rings. The monoisotopic (exact) mass is 402 g/mol.